The topological polar surface area (TPSA) is 69.0 Å². The van der Waals surface area contributed by atoms with Crippen molar-refractivity contribution >= 4 is 23.3 Å². The minimum absolute atomic E-state index is 0.253. The Labute approximate surface area is 150 Å². The Morgan fingerprint density at radius 3 is 2.92 bits per heavy atom. The van der Waals surface area contributed by atoms with Crippen LogP contribution >= 0.6 is 11.6 Å². The summed E-state index contributed by atoms with van der Waals surface area (Å²) in [6.45, 7) is 2.40. The smallest absolute Gasteiger partial charge is 0.257 e. The number of halogens is 1. The van der Waals surface area contributed by atoms with Crippen molar-refractivity contribution in [2.75, 3.05) is 12.4 Å². The van der Waals surface area contributed by atoms with Crippen LogP contribution in [0.1, 0.15) is 21.5 Å². The molecule has 0 spiro atoms. The van der Waals surface area contributed by atoms with Gasteiger partial charge in [0.15, 0.2) is 0 Å². The molecule has 128 valence electrons. The number of aryl methyl sites for hydroxylation is 1. The molecule has 0 aliphatic heterocycles. The van der Waals surface area contributed by atoms with Gasteiger partial charge in [-0.25, -0.2) is 9.67 Å². The number of pyridine rings is 1. The van der Waals surface area contributed by atoms with E-state index in [2.05, 4.69) is 15.4 Å². The molecule has 0 fully saturated rings. The maximum absolute atomic E-state index is 12.5. The minimum Gasteiger partial charge on any atom is -0.481 e. The Hall–Kier alpha value is -2.86. The number of rotatable bonds is 5. The summed E-state index contributed by atoms with van der Waals surface area (Å²) in [5, 5.41) is 7.91. The van der Waals surface area contributed by atoms with E-state index in [4.69, 9.17) is 16.3 Å². The molecule has 3 aromatic rings. The predicted octanol–water partition coefficient (Wildman–Crippen LogP) is 3.55. The Kier molecular flexibility index (Phi) is 5.00. The van der Waals surface area contributed by atoms with Gasteiger partial charge in [0.05, 0.1) is 19.9 Å². The molecule has 0 radical (unpaired) electrons. The highest BCUT2D eigenvalue weighted by molar-refractivity contribution is 6.30. The molecule has 1 amide bonds. The number of carbonyl (C=O) groups is 1. The van der Waals surface area contributed by atoms with E-state index in [1.54, 1.807) is 23.0 Å². The highest BCUT2D eigenvalue weighted by atomic mass is 35.5. The Morgan fingerprint density at radius 2 is 2.16 bits per heavy atom. The number of anilines is 1. The zero-order chi connectivity index (χ0) is 17.8. The molecule has 1 aromatic carbocycles. The number of methoxy groups -OCH3 is 1. The summed E-state index contributed by atoms with van der Waals surface area (Å²) >= 11 is 6.03. The summed E-state index contributed by atoms with van der Waals surface area (Å²) < 4.78 is 6.79. The summed E-state index contributed by atoms with van der Waals surface area (Å²) in [4.78, 5) is 16.5. The van der Waals surface area contributed by atoms with E-state index in [0.717, 1.165) is 11.1 Å². The molecule has 0 aliphatic rings. The largest absolute Gasteiger partial charge is 0.481 e. The minimum atomic E-state index is -0.253. The number of benzene rings is 1. The van der Waals surface area contributed by atoms with Crippen LogP contribution in [0, 0.1) is 6.92 Å². The van der Waals surface area contributed by atoms with Crippen LogP contribution in [-0.2, 0) is 6.54 Å². The number of ether oxygens (including phenoxy) is 1. The van der Waals surface area contributed by atoms with Gasteiger partial charge in [-0.2, -0.15) is 5.10 Å². The zero-order valence-corrected chi connectivity index (χ0v) is 14.6. The van der Waals surface area contributed by atoms with Crippen LogP contribution in [0.25, 0.3) is 0 Å². The Bertz CT molecular complexity index is 908. The number of carbonyl (C=O) groups excluding carboxylic acids is 1. The molecule has 3 rings (SSSR count). The second-order valence-corrected chi connectivity index (χ2v) is 5.94. The summed E-state index contributed by atoms with van der Waals surface area (Å²) in [6, 6.07) is 10.8. The van der Waals surface area contributed by atoms with E-state index in [0.29, 0.717) is 28.8 Å². The fourth-order valence-electron chi connectivity index (χ4n) is 2.41. The van der Waals surface area contributed by atoms with E-state index in [-0.39, 0.29) is 5.91 Å². The summed E-state index contributed by atoms with van der Waals surface area (Å²) in [6.07, 6.45) is 3.25. The molecule has 0 atom stereocenters. The maximum atomic E-state index is 12.5. The standard InChI is InChI=1S/C18H17ClN4O2/c1-12-10-21-23(11-13-4-3-5-15(19)8-13)17(12)22-18(24)14-6-7-20-16(9-14)25-2/h3-10H,11H2,1-2H3,(H,22,24). The fourth-order valence-corrected chi connectivity index (χ4v) is 2.62. The molecule has 0 saturated carbocycles. The van der Waals surface area contributed by atoms with Crippen molar-refractivity contribution in [3.63, 3.8) is 0 Å². The highest BCUT2D eigenvalue weighted by Crippen LogP contribution is 2.19. The van der Waals surface area contributed by atoms with Gasteiger partial charge >= 0.3 is 0 Å². The summed E-state index contributed by atoms with van der Waals surface area (Å²) in [5.74, 6) is 0.772. The number of nitrogens with zero attached hydrogens (tertiary/aromatic N) is 3. The molecule has 0 saturated heterocycles. The molecular formula is C18H17ClN4O2. The van der Waals surface area contributed by atoms with Crippen LogP contribution in [0.4, 0.5) is 5.82 Å². The zero-order valence-electron chi connectivity index (χ0n) is 13.9. The molecule has 0 unspecified atom stereocenters. The predicted molar refractivity (Wildman–Crippen MR) is 96.3 cm³/mol. The molecule has 0 bridgehead atoms. The normalized spacial score (nSPS) is 10.5. The van der Waals surface area contributed by atoms with E-state index in [1.807, 2.05) is 31.2 Å². The molecule has 1 N–H and O–H groups in total. The van der Waals surface area contributed by atoms with Gasteiger partial charge in [-0.3, -0.25) is 4.79 Å². The first-order chi connectivity index (χ1) is 12.1. The first kappa shape index (κ1) is 17.0. The third-order valence-corrected chi connectivity index (χ3v) is 3.92. The van der Waals surface area contributed by atoms with Crippen molar-refractivity contribution in [2.24, 2.45) is 0 Å². The summed E-state index contributed by atoms with van der Waals surface area (Å²) in [7, 11) is 1.51. The molecular weight excluding hydrogens is 340 g/mol. The molecule has 25 heavy (non-hydrogen) atoms. The van der Waals surface area contributed by atoms with Gasteiger partial charge in [-0.05, 0) is 30.7 Å². The molecule has 2 aromatic heterocycles. The van der Waals surface area contributed by atoms with Gasteiger partial charge in [0.2, 0.25) is 5.88 Å². The van der Waals surface area contributed by atoms with Crippen LogP contribution in [0.3, 0.4) is 0 Å². The van der Waals surface area contributed by atoms with Gasteiger partial charge in [-0.1, -0.05) is 23.7 Å². The number of hydrogen-bond acceptors (Lipinski definition) is 4. The lowest BCUT2D eigenvalue weighted by Crippen LogP contribution is -2.17. The van der Waals surface area contributed by atoms with Crippen molar-refractivity contribution in [1.29, 1.82) is 0 Å². The fraction of sp³-hybridized carbons (Fsp3) is 0.167. The number of amides is 1. The molecule has 2 heterocycles. The monoisotopic (exact) mass is 356 g/mol. The third kappa shape index (κ3) is 3.97. The molecule has 6 nitrogen and oxygen atoms in total. The highest BCUT2D eigenvalue weighted by Gasteiger charge is 2.14. The average molecular weight is 357 g/mol. The van der Waals surface area contributed by atoms with E-state index < -0.39 is 0 Å². The molecule has 7 heteroatoms. The quantitative estimate of drug-likeness (QED) is 0.759. The van der Waals surface area contributed by atoms with Crippen molar-refractivity contribution < 1.29 is 9.53 Å². The van der Waals surface area contributed by atoms with E-state index >= 15 is 0 Å². The van der Waals surface area contributed by atoms with Crippen molar-refractivity contribution in [3.8, 4) is 5.88 Å². The lowest BCUT2D eigenvalue weighted by atomic mass is 10.2. The number of aromatic nitrogens is 3. The van der Waals surface area contributed by atoms with Crippen LogP contribution in [0.2, 0.25) is 5.02 Å². The van der Waals surface area contributed by atoms with Crippen LogP contribution in [0.15, 0.2) is 48.8 Å². The summed E-state index contributed by atoms with van der Waals surface area (Å²) in [5.41, 5.74) is 2.33. The molecule has 0 aliphatic carbocycles. The van der Waals surface area contributed by atoms with Gasteiger partial charge in [0, 0.05) is 28.4 Å². The van der Waals surface area contributed by atoms with Gasteiger partial charge < -0.3 is 10.1 Å². The van der Waals surface area contributed by atoms with Crippen LogP contribution < -0.4 is 10.1 Å². The van der Waals surface area contributed by atoms with Gasteiger partial charge in [0.25, 0.3) is 5.91 Å². The lowest BCUT2D eigenvalue weighted by Gasteiger charge is -2.11. The second kappa shape index (κ2) is 7.36. The van der Waals surface area contributed by atoms with Crippen LogP contribution in [-0.4, -0.2) is 27.8 Å². The van der Waals surface area contributed by atoms with Gasteiger partial charge in [0.1, 0.15) is 5.82 Å². The van der Waals surface area contributed by atoms with Crippen LogP contribution in [0.5, 0.6) is 5.88 Å². The second-order valence-electron chi connectivity index (χ2n) is 5.50. The first-order valence-electron chi connectivity index (χ1n) is 7.65. The Balaban J connectivity index is 1.82. The third-order valence-electron chi connectivity index (χ3n) is 3.68. The Morgan fingerprint density at radius 1 is 1.32 bits per heavy atom. The van der Waals surface area contributed by atoms with Crippen molar-refractivity contribution in [1.82, 2.24) is 14.8 Å². The average Bonchev–Trinajstić information content (AvgIpc) is 2.95. The maximum Gasteiger partial charge on any atom is 0.257 e. The lowest BCUT2D eigenvalue weighted by molar-refractivity contribution is 0.102. The van der Waals surface area contributed by atoms with Crippen molar-refractivity contribution in [2.45, 2.75) is 13.5 Å². The first-order valence-corrected chi connectivity index (χ1v) is 8.03. The van der Waals surface area contributed by atoms with E-state index in [9.17, 15) is 4.79 Å². The van der Waals surface area contributed by atoms with E-state index in [1.165, 1.54) is 13.3 Å². The van der Waals surface area contributed by atoms with Crippen molar-refractivity contribution in [3.05, 3.63) is 70.5 Å². The SMILES string of the molecule is COc1cc(C(=O)Nc2c(C)cnn2Cc2cccc(Cl)c2)ccn1. The number of hydrogen-bond donors (Lipinski definition) is 1. The number of nitrogens with one attached hydrogen (secondary N) is 1. The van der Waals surface area contributed by atoms with Gasteiger partial charge in [-0.15, -0.1) is 0 Å².